The number of amides is 2. The summed E-state index contributed by atoms with van der Waals surface area (Å²) >= 11 is 3.02. The molecule has 4 heterocycles. The predicted molar refractivity (Wildman–Crippen MR) is 90.9 cm³/mol. The van der Waals surface area contributed by atoms with Gasteiger partial charge in [-0.1, -0.05) is 6.92 Å². The fourth-order valence-electron chi connectivity index (χ4n) is 3.75. The number of hydrogen-bond acceptors (Lipinski definition) is 5. The maximum Gasteiger partial charge on any atom is 0.273 e. The van der Waals surface area contributed by atoms with E-state index in [0.717, 1.165) is 18.7 Å². The molecule has 0 saturated carbocycles. The molecular formula is C16H17N3O2S2. The minimum absolute atomic E-state index is 0.0586. The maximum atomic E-state index is 13.1. The molecule has 2 amide bonds. The molecule has 0 unspecified atom stereocenters. The van der Waals surface area contributed by atoms with Crippen molar-refractivity contribution >= 4 is 40.2 Å². The van der Waals surface area contributed by atoms with Crippen LogP contribution in [-0.2, 0) is 4.79 Å². The van der Waals surface area contributed by atoms with Gasteiger partial charge in [0.25, 0.3) is 5.91 Å². The number of rotatable bonds is 2. The van der Waals surface area contributed by atoms with E-state index in [1.807, 2.05) is 21.7 Å². The number of nitrogens with zero attached hydrogens (tertiary/aromatic N) is 3. The summed E-state index contributed by atoms with van der Waals surface area (Å²) < 4.78 is 0. The van der Waals surface area contributed by atoms with Gasteiger partial charge in [-0.05, 0) is 23.8 Å². The maximum absolute atomic E-state index is 13.1. The number of aromatic nitrogens is 1. The first-order valence-electron chi connectivity index (χ1n) is 7.63. The summed E-state index contributed by atoms with van der Waals surface area (Å²) in [6.45, 7) is 3.95. The Hall–Kier alpha value is -1.73. The number of thiophene rings is 1. The minimum Gasteiger partial charge on any atom is -0.336 e. The Morgan fingerprint density at radius 1 is 1.39 bits per heavy atom. The van der Waals surface area contributed by atoms with Crippen molar-refractivity contribution in [3.05, 3.63) is 33.4 Å². The van der Waals surface area contributed by atoms with Crippen LogP contribution >= 0.6 is 22.7 Å². The average Bonchev–Trinajstić information content (AvgIpc) is 3.31. The third-order valence-corrected chi connectivity index (χ3v) is 6.38. The fraction of sp³-hybridized carbons (Fsp3) is 0.438. The van der Waals surface area contributed by atoms with Gasteiger partial charge in [0.05, 0.1) is 16.6 Å². The lowest BCUT2D eigenvalue weighted by Crippen LogP contribution is -2.40. The normalized spacial score (nSPS) is 27.3. The summed E-state index contributed by atoms with van der Waals surface area (Å²) in [5, 5.41) is 5.77. The fourth-order valence-corrected chi connectivity index (χ4v) is 4.92. The van der Waals surface area contributed by atoms with Gasteiger partial charge >= 0.3 is 0 Å². The summed E-state index contributed by atoms with van der Waals surface area (Å²) in [6.07, 6.45) is 0.809. The highest BCUT2D eigenvalue weighted by atomic mass is 32.1. The highest BCUT2D eigenvalue weighted by Gasteiger charge is 2.56. The zero-order chi connectivity index (χ0) is 16.0. The van der Waals surface area contributed by atoms with Gasteiger partial charge in [0.2, 0.25) is 5.91 Å². The Labute approximate surface area is 142 Å². The van der Waals surface area contributed by atoms with Crippen LogP contribution < -0.4 is 4.90 Å². The molecule has 23 heavy (non-hydrogen) atoms. The van der Waals surface area contributed by atoms with E-state index in [-0.39, 0.29) is 17.7 Å². The lowest BCUT2D eigenvalue weighted by atomic mass is 9.78. The van der Waals surface area contributed by atoms with Crippen LogP contribution in [0.4, 0.5) is 5.69 Å². The first-order chi connectivity index (χ1) is 11.1. The van der Waals surface area contributed by atoms with Crippen LogP contribution in [-0.4, -0.2) is 41.3 Å². The van der Waals surface area contributed by atoms with Crippen LogP contribution in [0.3, 0.4) is 0 Å². The summed E-state index contributed by atoms with van der Waals surface area (Å²) in [4.78, 5) is 33.4. The molecule has 4 rings (SSSR count). The van der Waals surface area contributed by atoms with Gasteiger partial charge in [0.15, 0.2) is 0 Å². The quantitative estimate of drug-likeness (QED) is 0.839. The van der Waals surface area contributed by atoms with Crippen LogP contribution in [0.5, 0.6) is 0 Å². The number of carbonyl (C=O) groups excluding carboxylic acids is 2. The third-order valence-electron chi connectivity index (χ3n) is 5.12. The smallest absolute Gasteiger partial charge is 0.273 e. The zero-order valence-corrected chi connectivity index (χ0v) is 14.4. The lowest BCUT2D eigenvalue weighted by molar-refractivity contribution is -0.126. The van der Waals surface area contributed by atoms with Gasteiger partial charge in [-0.25, -0.2) is 4.98 Å². The van der Waals surface area contributed by atoms with Crippen molar-refractivity contribution in [1.29, 1.82) is 0 Å². The monoisotopic (exact) mass is 347 g/mol. The summed E-state index contributed by atoms with van der Waals surface area (Å²) in [5.41, 5.74) is 2.70. The molecule has 0 aliphatic carbocycles. The van der Waals surface area contributed by atoms with Crippen molar-refractivity contribution < 1.29 is 9.59 Å². The number of likely N-dealkylation sites (tertiary alicyclic amines) is 1. The summed E-state index contributed by atoms with van der Waals surface area (Å²) in [7, 11) is 0. The van der Waals surface area contributed by atoms with Crippen molar-refractivity contribution in [1.82, 2.24) is 9.88 Å². The molecule has 5 nitrogen and oxygen atoms in total. The molecule has 2 aromatic rings. The van der Waals surface area contributed by atoms with Gasteiger partial charge < -0.3 is 9.80 Å². The van der Waals surface area contributed by atoms with Crippen LogP contribution in [0.1, 0.15) is 23.8 Å². The Kier molecular flexibility index (Phi) is 3.50. The molecule has 1 spiro atoms. The summed E-state index contributed by atoms with van der Waals surface area (Å²) in [6, 6.07) is 1.99. The van der Waals surface area contributed by atoms with Gasteiger partial charge in [-0.2, -0.15) is 11.3 Å². The van der Waals surface area contributed by atoms with E-state index in [1.54, 1.807) is 27.1 Å². The van der Waals surface area contributed by atoms with Gasteiger partial charge in [0, 0.05) is 30.4 Å². The second-order valence-electron chi connectivity index (χ2n) is 6.30. The molecular weight excluding hydrogens is 330 g/mol. The number of thiazole rings is 1. The largest absolute Gasteiger partial charge is 0.336 e. The Bertz CT molecular complexity index is 729. The van der Waals surface area contributed by atoms with Crippen molar-refractivity contribution in [2.45, 2.75) is 13.3 Å². The Balaban J connectivity index is 1.58. The molecule has 0 aromatic carbocycles. The average molecular weight is 347 g/mol. The van der Waals surface area contributed by atoms with Crippen LogP contribution in [0.25, 0.3) is 0 Å². The van der Waals surface area contributed by atoms with E-state index in [1.165, 1.54) is 11.3 Å². The van der Waals surface area contributed by atoms with Gasteiger partial charge in [-0.15, -0.1) is 11.3 Å². The van der Waals surface area contributed by atoms with Crippen LogP contribution in [0.15, 0.2) is 27.7 Å². The second kappa shape index (κ2) is 5.42. The number of hydrogen-bond donors (Lipinski definition) is 0. The molecule has 2 fully saturated rings. The zero-order valence-electron chi connectivity index (χ0n) is 12.8. The van der Waals surface area contributed by atoms with E-state index in [2.05, 4.69) is 11.9 Å². The Morgan fingerprint density at radius 3 is 2.96 bits per heavy atom. The molecule has 2 atom stereocenters. The number of carbonyl (C=O) groups is 2. The lowest BCUT2D eigenvalue weighted by Gasteiger charge is -2.26. The first-order valence-corrected chi connectivity index (χ1v) is 9.52. The van der Waals surface area contributed by atoms with E-state index in [4.69, 9.17) is 0 Å². The molecule has 0 N–H and O–H groups in total. The second-order valence-corrected chi connectivity index (χ2v) is 7.80. The van der Waals surface area contributed by atoms with Gasteiger partial charge in [0.1, 0.15) is 5.69 Å². The van der Waals surface area contributed by atoms with Crippen molar-refractivity contribution in [3.8, 4) is 0 Å². The third kappa shape index (κ3) is 2.21. The Morgan fingerprint density at radius 2 is 2.26 bits per heavy atom. The van der Waals surface area contributed by atoms with E-state index in [9.17, 15) is 9.59 Å². The SMILES string of the molecule is C[C@@H]1CN(C(=O)c2cscn2)C[C@]12CCN(c1ccsc1)C2=O. The van der Waals surface area contributed by atoms with E-state index in [0.29, 0.717) is 18.8 Å². The molecule has 2 aliphatic rings. The molecule has 2 saturated heterocycles. The first kappa shape index (κ1) is 14.8. The summed E-state index contributed by atoms with van der Waals surface area (Å²) in [5.74, 6) is 0.273. The molecule has 0 radical (unpaired) electrons. The van der Waals surface area contributed by atoms with Crippen molar-refractivity contribution in [3.63, 3.8) is 0 Å². The molecule has 0 bridgehead atoms. The van der Waals surface area contributed by atoms with Crippen molar-refractivity contribution in [2.24, 2.45) is 11.3 Å². The topological polar surface area (TPSA) is 53.5 Å². The van der Waals surface area contributed by atoms with Gasteiger partial charge in [-0.3, -0.25) is 9.59 Å². The number of anilines is 1. The molecule has 2 aliphatic heterocycles. The van der Waals surface area contributed by atoms with Crippen molar-refractivity contribution in [2.75, 3.05) is 24.5 Å². The predicted octanol–water partition coefficient (Wildman–Crippen LogP) is 2.72. The highest BCUT2D eigenvalue weighted by Crippen LogP contribution is 2.46. The highest BCUT2D eigenvalue weighted by molar-refractivity contribution is 7.08. The van der Waals surface area contributed by atoms with E-state index < -0.39 is 5.41 Å². The molecule has 7 heteroatoms. The standard InChI is InChI=1S/C16H17N3O2S2/c1-11-6-18(14(20)13-8-23-10-17-13)9-16(11)3-4-19(15(16)21)12-2-5-22-7-12/h2,5,7-8,10-11H,3-4,6,9H2,1H3/t11-,16-/m1/s1. The van der Waals surface area contributed by atoms with Crippen LogP contribution in [0, 0.1) is 11.3 Å². The van der Waals surface area contributed by atoms with Crippen LogP contribution in [0.2, 0.25) is 0 Å². The van der Waals surface area contributed by atoms with E-state index >= 15 is 0 Å². The minimum atomic E-state index is -0.437. The molecule has 120 valence electrons. The molecule has 2 aromatic heterocycles.